The van der Waals surface area contributed by atoms with Gasteiger partial charge in [-0.3, -0.25) is 0 Å². The van der Waals surface area contributed by atoms with Gasteiger partial charge in [-0.25, -0.2) is 4.98 Å². The number of hydrogen-bond acceptors (Lipinski definition) is 4. The quantitative estimate of drug-likeness (QED) is 0.185. The molecule has 0 amide bonds. The molecule has 2 aliphatic rings. The van der Waals surface area contributed by atoms with Gasteiger partial charge in [-0.15, -0.1) is 0 Å². The summed E-state index contributed by atoms with van der Waals surface area (Å²) in [5.74, 6) is 0.604. The minimum atomic E-state index is -0.139. The number of benzene rings is 7. The van der Waals surface area contributed by atoms with Gasteiger partial charge in [-0.2, -0.15) is 0 Å². The number of aromatic nitrogens is 1. The van der Waals surface area contributed by atoms with Crippen molar-refractivity contribution in [1.82, 2.24) is 4.98 Å². The number of para-hydroxylation sites is 1. The lowest BCUT2D eigenvalue weighted by Gasteiger charge is -2.29. The van der Waals surface area contributed by atoms with E-state index in [1.807, 2.05) is 36.4 Å². The highest BCUT2D eigenvalue weighted by Crippen LogP contribution is 2.56. The molecule has 0 N–H and O–H groups in total. The zero-order valence-corrected chi connectivity index (χ0v) is 30.1. The summed E-state index contributed by atoms with van der Waals surface area (Å²) in [6, 6.07) is 52.1. The van der Waals surface area contributed by atoms with Gasteiger partial charge in [0.25, 0.3) is 0 Å². The zero-order chi connectivity index (χ0) is 35.6. The fourth-order valence-corrected chi connectivity index (χ4v) is 9.26. The van der Waals surface area contributed by atoms with Gasteiger partial charge in [-0.1, -0.05) is 125 Å². The summed E-state index contributed by atoms with van der Waals surface area (Å²) in [5.41, 5.74) is 17.5. The van der Waals surface area contributed by atoms with Crippen LogP contribution in [0.2, 0.25) is 0 Å². The predicted octanol–water partition coefficient (Wildman–Crippen LogP) is 13.5. The van der Waals surface area contributed by atoms with Gasteiger partial charge in [-0.05, 0) is 81.4 Å². The molecule has 0 spiro atoms. The highest BCUT2D eigenvalue weighted by Gasteiger charge is 2.39. The molecule has 7 aromatic carbocycles. The first-order chi connectivity index (χ1) is 25.8. The Morgan fingerprint density at radius 1 is 0.491 bits per heavy atom. The van der Waals surface area contributed by atoms with Crippen molar-refractivity contribution in [3.63, 3.8) is 0 Å². The molecule has 0 saturated carbocycles. The molecule has 0 radical (unpaired) electrons. The van der Waals surface area contributed by atoms with Gasteiger partial charge >= 0.3 is 0 Å². The Balaban J connectivity index is 1.17. The first-order valence-corrected chi connectivity index (χ1v) is 18.4. The van der Waals surface area contributed by atoms with Crippen LogP contribution in [0.3, 0.4) is 0 Å². The fourth-order valence-electron chi connectivity index (χ4n) is 9.26. The van der Waals surface area contributed by atoms with Crippen LogP contribution in [0.25, 0.3) is 66.7 Å². The Hall–Kier alpha value is -6.39. The Labute approximate surface area is 308 Å². The molecule has 0 fully saturated rings. The summed E-state index contributed by atoms with van der Waals surface area (Å²) in [4.78, 5) is 7.28. The topological polar surface area (TPSA) is 42.4 Å². The molecule has 4 nitrogen and oxygen atoms in total. The van der Waals surface area contributed by atoms with Crippen LogP contribution in [-0.4, -0.2) is 4.98 Å². The molecule has 9 aromatic rings. The molecule has 11 rings (SSSR count). The molecule has 0 saturated heterocycles. The van der Waals surface area contributed by atoms with Crippen molar-refractivity contribution in [3.8, 4) is 33.7 Å². The molecule has 0 atom stereocenters. The molecule has 2 aliphatic carbocycles. The number of oxazole rings is 1. The van der Waals surface area contributed by atoms with Crippen molar-refractivity contribution in [2.45, 2.75) is 38.5 Å². The van der Waals surface area contributed by atoms with Crippen LogP contribution in [0.15, 0.2) is 154 Å². The second-order valence-corrected chi connectivity index (χ2v) is 15.6. The van der Waals surface area contributed by atoms with Crippen LogP contribution in [0.5, 0.6) is 0 Å². The zero-order valence-electron chi connectivity index (χ0n) is 30.1. The molecule has 0 aliphatic heterocycles. The van der Waals surface area contributed by atoms with Crippen LogP contribution in [0.1, 0.15) is 49.9 Å². The van der Waals surface area contributed by atoms with Crippen LogP contribution in [0.4, 0.5) is 17.1 Å². The van der Waals surface area contributed by atoms with E-state index in [1.54, 1.807) is 0 Å². The molecule has 254 valence electrons. The van der Waals surface area contributed by atoms with Crippen molar-refractivity contribution in [2.75, 3.05) is 4.90 Å². The van der Waals surface area contributed by atoms with Crippen molar-refractivity contribution >= 4 is 50.1 Å². The van der Waals surface area contributed by atoms with Crippen LogP contribution in [-0.2, 0) is 10.8 Å². The van der Waals surface area contributed by atoms with Crippen molar-refractivity contribution < 1.29 is 8.83 Å². The number of anilines is 3. The van der Waals surface area contributed by atoms with Gasteiger partial charge in [0.05, 0.1) is 11.4 Å². The Morgan fingerprint density at radius 3 is 1.98 bits per heavy atom. The summed E-state index contributed by atoms with van der Waals surface area (Å²) in [6.07, 6.45) is 0. The van der Waals surface area contributed by atoms with Gasteiger partial charge in [0.15, 0.2) is 11.2 Å². The van der Waals surface area contributed by atoms with E-state index in [4.69, 9.17) is 13.8 Å². The number of hydrogen-bond donors (Lipinski definition) is 0. The lowest BCUT2D eigenvalue weighted by Crippen LogP contribution is -2.16. The second kappa shape index (κ2) is 10.6. The first-order valence-electron chi connectivity index (χ1n) is 18.4. The standard InChI is InChI=1S/C49H36N2O2/c1-48(2)36-19-10-8-16-31(36)34-26-30(24-25-38(34)48)51(41-22-13-21-39-45(41)33-17-9-11-20-37(33)49(39,3)4)42-23-12-18-32-35-27-44-40(28-43(35)52-46(32)42)50-47(53-44)29-14-6-5-7-15-29/h5-28H,1-4H3. The molecule has 0 unspecified atom stereocenters. The molecular formula is C49H36N2O2. The SMILES string of the molecule is CC1(C)c2ccccc2-c2cc(N(c3cccc4c3-c3ccccc3C4(C)C)c3cccc4c3oc3cc5nc(-c6ccccc6)oc5cc34)ccc21. The predicted molar refractivity (Wildman–Crippen MR) is 217 cm³/mol. The third-order valence-electron chi connectivity index (χ3n) is 11.9. The van der Waals surface area contributed by atoms with Gasteiger partial charge < -0.3 is 13.7 Å². The van der Waals surface area contributed by atoms with Gasteiger partial charge in [0, 0.05) is 44.5 Å². The minimum absolute atomic E-state index is 0.0870. The minimum Gasteiger partial charge on any atom is -0.454 e. The van der Waals surface area contributed by atoms with Crippen LogP contribution in [0, 0.1) is 0 Å². The molecule has 4 heteroatoms. The number of fused-ring (bicyclic) bond motifs is 10. The van der Waals surface area contributed by atoms with E-state index in [2.05, 4.69) is 142 Å². The van der Waals surface area contributed by atoms with Crippen molar-refractivity contribution in [2.24, 2.45) is 0 Å². The summed E-state index contributed by atoms with van der Waals surface area (Å²) in [7, 11) is 0. The largest absolute Gasteiger partial charge is 0.454 e. The maximum atomic E-state index is 6.92. The molecule has 2 heterocycles. The monoisotopic (exact) mass is 684 g/mol. The van der Waals surface area contributed by atoms with E-state index in [-0.39, 0.29) is 10.8 Å². The van der Waals surface area contributed by atoms with Gasteiger partial charge in [0.1, 0.15) is 11.1 Å². The Morgan fingerprint density at radius 2 is 1.15 bits per heavy atom. The van der Waals surface area contributed by atoms with Crippen LogP contribution >= 0.6 is 0 Å². The summed E-state index contributed by atoms with van der Waals surface area (Å²) in [5, 5.41) is 2.03. The van der Waals surface area contributed by atoms with Gasteiger partial charge in [0.2, 0.25) is 5.89 Å². The van der Waals surface area contributed by atoms with E-state index in [1.165, 1.54) is 44.5 Å². The van der Waals surface area contributed by atoms with E-state index in [0.717, 1.165) is 55.7 Å². The highest BCUT2D eigenvalue weighted by molar-refractivity contribution is 6.13. The lowest BCUT2D eigenvalue weighted by atomic mass is 9.82. The lowest BCUT2D eigenvalue weighted by molar-refractivity contribution is 0.620. The summed E-state index contributed by atoms with van der Waals surface area (Å²) >= 11 is 0. The molecule has 2 aromatic heterocycles. The molecular weight excluding hydrogens is 649 g/mol. The third kappa shape index (κ3) is 4.15. The first kappa shape index (κ1) is 30.3. The molecule has 53 heavy (non-hydrogen) atoms. The number of nitrogens with zero attached hydrogens (tertiary/aromatic N) is 2. The summed E-state index contributed by atoms with van der Waals surface area (Å²) < 4.78 is 13.2. The van der Waals surface area contributed by atoms with E-state index >= 15 is 0 Å². The maximum absolute atomic E-state index is 6.92. The Kier molecular flexibility index (Phi) is 6.04. The molecule has 0 bridgehead atoms. The van der Waals surface area contributed by atoms with Crippen molar-refractivity contribution in [1.29, 1.82) is 0 Å². The van der Waals surface area contributed by atoms with Crippen molar-refractivity contribution in [3.05, 3.63) is 168 Å². The fraction of sp³-hybridized carbons (Fsp3) is 0.122. The summed E-state index contributed by atoms with van der Waals surface area (Å²) in [6.45, 7) is 9.35. The van der Waals surface area contributed by atoms with Crippen LogP contribution < -0.4 is 4.90 Å². The average Bonchev–Trinajstić information content (AvgIpc) is 3.89. The average molecular weight is 685 g/mol. The smallest absolute Gasteiger partial charge is 0.227 e. The highest BCUT2D eigenvalue weighted by atomic mass is 16.4. The van der Waals surface area contributed by atoms with E-state index < -0.39 is 0 Å². The second-order valence-electron chi connectivity index (χ2n) is 15.6. The normalized spacial score (nSPS) is 14.7. The Bertz CT molecular complexity index is 2960. The maximum Gasteiger partial charge on any atom is 0.227 e. The number of furan rings is 1. The number of rotatable bonds is 4. The van der Waals surface area contributed by atoms with E-state index in [0.29, 0.717) is 5.89 Å². The third-order valence-corrected chi connectivity index (χ3v) is 11.9. The van der Waals surface area contributed by atoms with E-state index in [9.17, 15) is 0 Å².